The minimum absolute atomic E-state index is 0.0886. The minimum atomic E-state index is -3.75. The van der Waals surface area contributed by atoms with Gasteiger partial charge in [0.15, 0.2) is 0 Å². The van der Waals surface area contributed by atoms with Gasteiger partial charge in [0, 0.05) is 30.5 Å². The fraction of sp³-hybridized carbons (Fsp3) is 0.250. The predicted molar refractivity (Wildman–Crippen MR) is 132 cm³/mol. The smallest absolute Gasteiger partial charge is 0.343 e. The van der Waals surface area contributed by atoms with Crippen LogP contribution in [0.4, 0.5) is 0 Å². The summed E-state index contributed by atoms with van der Waals surface area (Å²) in [6.07, 6.45) is 4.80. The summed E-state index contributed by atoms with van der Waals surface area (Å²) in [7, 11) is -3.75. The lowest BCUT2D eigenvalue weighted by molar-refractivity contribution is 0.0734. The molecule has 0 bridgehead atoms. The van der Waals surface area contributed by atoms with E-state index in [0.717, 1.165) is 48.0 Å². The van der Waals surface area contributed by atoms with Crippen LogP contribution in [0.1, 0.15) is 45.7 Å². The van der Waals surface area contributed by atoms with Crippen LogP contribution in [0.3, 0.4) is 0 Å². The lowest BCUT2D eigenvalue weighted by atomic mass is 9.96. The van der Waals surface area contributed by atoms with E-state index in [1.165, 1.54) is 27.6 Å². The van der Waals surface area contributed by atoms with Gasteiger partial charge < -0.3 is 9.15 Å². The molecule has 0 radical (unpaired) electrons. The highest BCUT2D eigenvalue weighted by atomic mass is 32.2. The Morgan fingerprint density at radius 3 is 2.60 bits per heavy atom. The summed E-state index contributed by atoms with van der Waals surface area (Å²) in [5.74, 6) is 0.841. The van der Waals surface area contributed by atoms with Gasteiger partial charge in [-0.2, -0.15) is 4.31 Å². The van der Waals surface area contributed by atoms with Gasteiger partial charge in [0.2, 0.25) is 10.0 Å². The van der Waals surface area contributed by atoms with Crippen LogP contribution >= 0.6 is 0 Å². The zero-order valence-corrected chi connectivity index (χ0v) is 20.0. The van der Waals surface area contributed by atoms with E-state index in [1.54, 1.807) is 18.2 Å². The van der Waals surface area contributed by atoms with Gasteiger partial charge in [-0.3, -0.25) is 0 Å². The van der Waals surface area contributed by atoms with E-state index in [9.17, 15) is 13.2 Å². The van der Waals surface area contributed by atoms with Crippen LogP contribution in [0.25, 0.3) is 11.0 Å². The monoisotopic (exact) mass is 487 g/mol. The fourth-order valence-electron chi connectivity index (χ4n) is 5.08. The van der Waals surface area contributed by atoms with Gasteiger partial charge in [0.1, 0.15) is 17.1 Å². The van der Waals surface area contributed by atoms with Crippen molar-refractivity contribution in [3.05, 3.63) is 94.7 Å². The number of benzene rings is 3. The van der Waals surface area contributed by atoms with Gasteiger partial charge in [-0.15, -0.1) is 0 Å². The number of fused-ring (bicyclic) bond motifs is 4. The van der Waals surface area contributed by atoms with E-state index in [1.807, 2.05) is 36.4 Å². The maximum Gasteiger partial charge on any atom is 0.343 e. The van der Waals surface area contributed by atoms with Crippen molar-refractivity contribution in [2.24, 2.45) is 0 Å². The van der Waals surface area contributed by atoms with E-state index < -0.39 is 16.0 Å². The van der Waals surface area contributed by atoms with Gasteiger partial charge in [-0.1, -0.05) is 30.3 Å². The van der Waals surface area contributed by atoms with Crippen LogP contribution in [0.15, 0.2) is 76.0 Å². The molecular weight excluding hydrogens is 462 g/mol. The first-order valence-electron chi connectivity index (χ1n) is 11.9. The van der Waals surface area contributed by atoms with Crippen LogP contribution in [-0.4, -0.2) is 25.2 Å². The Morgan fingerprint density at radius 1 is 0.886 bits per heavy atom. The molecule has 3 aromatic carbocycles. The molecule has 6 rings (SSSR count). The first kappa shape index (κ1) is 22.1. The Labute approximate surface area is 204 Å². The summed E-state index contributed by atoms with van der Waals surface area (Å²) < 4.78 is 39.8. The summed E-state index contributed by atoms with van der Waals surface area (Å²) in [5, 5.41) is 0.978. The molecule has 0 spiro atoms. The molecule has 0 atom stereocenters. The third kappa shape index (κ3) is 4.05. The van der Waals surface area contributed by atoms with Crippen molar-refractivity contribution in [1.29, 1.82) is 0 Å². The second-order valence-corrected chi connectivity index (χ2v) is 11.1. The molecule has 178 valence electrons. The predicted octanol–water partition coefficient (Wildman–Crippen LogP) is 5.28. The SMILES string of the molecule is O=C(Oc1ccc2oc3c(c2c1)CCCC3)c1cccc(S(=O)(=O)N2CCc3ccccc3C2)c1. The van der Waals surface area contributed by atoms with Gasteiger partial charge in [0.05, 0.1) is 10.5 Å². The largest absolute Gasteiger partial charge is 0.461 e. The maximum atomic E-state index is 13.3. The first-order chi connectivity index (χ1) is 17.0. The Balaban J connectivity index is 1.24. The van der Waals surface area contributed by atoms with Gasteiger partial charge in [0.25, 0.3) is 0 Å². The number of aryl methyl sites for hydroxylation is 2. The van der Waals surface area contributed by atoms with E-state index in [-0.39, 0.29) is 10.5 Å². The number of nitrogens with zero attached hydrogens (tertiary/aromatic N) is 1. The quantitative estimate of drug-likeness (QED) is 0.289. The molecule has 1 aliphatic heterocycles. The molecule has 2 heterocycles. The second-order valence-electron chi connectivity index (χ2n) is 9.14. The summed E-state index contributed by atoms with van der Waals surface area (Å²) in [6, 6.07) is 19.3. The topological polar surface area (TPSA) is 76.8 Å². The fourth-order valence-corrected chi connectivity index (χ4v) is 6.54. The van der Waals surface area contributed by atoms with Crippen molar-refractivity contribution >= 4 is 27.0 Å². The van der Waals surface area contributed by atoms with Gasteiger partial charge in [-0.25, -0.2) is 13.2 Å². The van der Waals surface area contributed by atoms with Crippen molar-refractivity contribution < 1.29 is 22.4 Å². The first-order valence-corrected chi connectivity index (χ1v) is 13.4. The molecule has 0 fully saturated rings. The number of carbonyl (C=O) groups is 1. The number of furan rings is 1. The summed E-state index contributed by atoms with van der Waals surface area (Å²) in [6.45, 7) is 0.727. The van der Waals surface area contributed by atoms with Crippen molar-refractivity contribution in [3.63, 3.8) is 0 Å². The number of ether oxygens (including phenoxy) is 1. The van der Waals surface area contributed by atoms with Crippen molar-refractivity contribution in [1.82, 2.24) is 4.31 Å². The number of hydrogen-bond acceptors (Lipinski definition) is 5. The highest BCUT2D eigenvalue weighted by molar-refractivity contribution is 7.89. The number of hydrogen-bond donors (Lipinski definition) is 0. The molecule has 1 aliphatic carbocycles. The zero-order valence-electron chi connectivity index (χ0n) is 19.2. The van der Waals surface area contributed by atoms with E-state index in [0.29, 0.717) is 25.3 Å². The average Bonchev–Trinajstić information content (AvgIpc) is 3.26. The summed E-state index contributed by atoms with van der Waals surface area (Å²) >= 11 is 0. The number of carbonyl (C=O) groups excluding carboxylic acids is 1. The molecular formula is C28H25NO5S. The molecule has 6 nitrogen and oxygen atoms in total. The zero-order chi connectivity index (χ0) is 24.0. The molecule has 1 aromatic heterocycles. The normalized spacial score (nSPS) is 16.0. The highest BCUT2D eigenvalue weighted by Crippen LogP contribution is 2.34. The lowest BCUT2D eigenvalue weighted by Gasteiger charge is -2.28. The van der Waals surface area contributed by atoms with Crippen molar-refractivity contribution in [2.75, 3.05) is 6.54 Å². The molecule has 0 N–H and O–H groups in total. The highest BCUT2D eigenvalue weighted by Gasteiger charge is 2.29. The van der Waals surface area contributed by atoms with Crippen LogP contribution < -0.4 is 4.74 Å². The maximum absolute atomic E-state index is 13.3. The van der Waals surface area contributed by atoms with Crippen LogP contribution in [-0.2, 0) is 35.8 Å². The Morgan fingerprint density at radius 2 is 1.71 bits per heavy atom. The molecule has 0 saturated carbocycles. The molecule has 0 saturated heterocycles. The third-order valence-electron chi connectivity index (χ3n) is 6.94. The van der Waals surface area contributed by atoms with Gasteiger partial charge >= 0.3 is 5.97 Å². The van der Waals surface area contributed by atoms with Crippen LogP contribution in [0, 0.1) is 0 Å². The minimum Gasteiger partial charge on any atom is -0.461 e. The molecule has 0 unspecified atom stereocenters. The standard InChI is InChI=1S/C28H25NO5S/c30-28(33-22-12-13-27-25(17-22)24-10-3-4-11-26(24)34-27)20-8-5-9-23(16-20)35(31,32)29-15-14-19-6-1-2-7-21(19)18-29/h1-2,5-9,12-13,16-17H,3-4,10-11,14-15,18H2. The molecule has 4 aromatic rings. The Kier molecular flexibility index (Phi) is 5.46. The Hall–Kier alpha value is -3.42. The summed E-state index contributed by atoms with van der Waals surface area (Å²) in [4.78, 5) is 13.0. The van der Waals surface area contributed by atoms with Crippen LogP contribution in [0.2, 0.25) is 0 Å². The molecule has 0 amide bonds. The van der Waals surface area contributed by atoms with Crippen molar-refractivity contribution in [2.45, 2.75) is 43.5 Å². The third-order valence-corrected chi connectivity index (χ3v) is 8.78. The summed E-state index contributed by atoms with van der Waals surface area (Å²) in [5.41, 5.74) is 4.37. The van der Waals surface area contributed by atoms with Crippen molar-refractivity contribution in [3.8, 4) is 5.75 Å². The lowest BCUT2D eigenvalue weighted by Crippen LogP contribution is -2.36. The van der Waals surface area contributed by atoms with Gasteiger partial charge in [-0.05, 0) is 73.2 Å². The molecule has 35 heavy (non-hydrogen) atoms. The molecule has 2 aliphatic rings. The second kappa shape index (κ2) is 8.66. The molecule has 7 heteroatoms. The number of rotatable bonds is 4. The number of sulfonamides is 1. The van der Waals surface area contributed by atoms with E-state index >= 15 is 0 Å². The average molecular weight is 488 g/mol. The number of esters is 1. The van der Waals surface area contributed by atoms with Crippen LogP contribution in [0.5, 0.6) is 5.75 Å². The van der Waals surface area contributed by atoms with E-state index in [4.69, 9.17) is 9.15 Å². The Bertz CT molecular complexity index is 1550. The van der Waals surface area contributed by atoms with E-state index in [2.05, 4.69) is 0 Å².